The van der Waals surface area contributed by atoms with Gasteiger partial charge < -0.3 is 10.6 Å². The molecule has 0 aliphatic carbocycles. The van der Waals surface area contributed by atoms with Crippen LogP contribution in [0.25, 0.3) is 0 Å². The maximum atomic E-state index is 11.9. The molecule has 0 saturated carbocycles. The van der Waals surface area contributed by atoms with Gasteiger partial charge in [0, 0.05) is 35.2 Å². The number of amides is 1. The first-order valence-electron chi connectivity index (χ1n) is 7.06. The second-order valence-corrected chi connectivity index (χ2v) is 5.84. The summed E-state index contributed by atoms with van der Waals surface area (Å²) in [6.07, 6.45) is 0.385. The smallest absolute Gasteiger partial charge is 0.225 e. The van der Waals surface area contributed by atoms with E-state index in [2.05, 4.69) is 10.6 Å². The van der Waals surface area contributed by atoms with Crippen molar-refractivity contribution in [1.82, 2.24) is 5.32 Å². The molecule has 1 amide bonds. The Kier molecular flexibility index (Phi) is 6.25. The van der Waals surface area contributed by atoms with Crippen molar-refractivity contribution in [3.63, 3.8) is 0 Å². The van der Waals surface area contributed by atoms with Gasteiger partial charge in [0.1, 0.15) is 0 Å². The van der Waals surface area contributed by atoms with Gasteiger partial charge in [-0.1, -0.05) is 47.5 Å². The van der Waals surface area contributed by atoms with Crippen LogP contribution < -0.4 is 10.6 Å². The molecule has 116 valence electrons. The number of nitrogens with one attached hydrogen (secondary N) is 2. The molecule has 0 saturated heterocycles. The van der Waals surface area contributed by atoms with Crippen molar-refractivity contribution >= 4 is 34.8 Å². The van der Waals surface area contributed by atoms with Crippen LogP contribution in [0.2, 0.25) is 10.0 Å². The zero-order chi connectivity index (χ0) is 15.9. The average Bonchev–Trinajstić information content (AvgIpc) is 2.49. The summed E-state index contributed by atoms with van der Waals surface area (Å²) in [5.41, 5.74) is 2.72. The van der Waals surface area contributed by atoms with E-state index in [9.17, 15) is 4.79 Å². The SMILES string of the molecule is Cc1ccc(NC(=O)CCNCc2ccccc2Cl)cc1Cl. The maximum absolute atomic E-state index is 11.9. The molecule has 0 spiro atoms. The predicted molar refractivity (Wildman–Crippen MR) is 92.6 cm³/mol. The maximum Gasteiger partial charge on any atom is 0.225 e. The van der Waals surface area contributed by atoms with Gasteiger partial charge >= 0.3 is 0 Å². The lowest BCUT2D eigenvalue weighted by molar-refractivity contribution is -0.116. The Labute approximate surface area is 140 Å². The lowest BCUT2D eigenvalue weighted by atomic mass is 10.2. The van der Waals surface area contributed by atoms with Crippen LogP contribution in [0, 0.1) is 6.92 Å². The number of aryl methyl sites for hydroxylation is 1. The fraction of sp³-hybridized carbons (Fsp3) is 0.235. The molecule has 0 unspecified atom stereocenters. The van der Waals surface area contributed by atoms with Crippen molar-refractivity contribution in [2.45, 2.75) is 19.9 Å². The minimum atomic E-state index is -0.0495. The van der Waals surface area contributed by atoms with Gasteiger partial charge in [0.05, 0.1) is 0 Å². The van der Waals surface area contributed by atoms with Gasteiger partial charge in [-0.3, -0.25) is 4.79 Å². The first kappa shape index (κ1) is 16.8. The zero-order valence-corrected chi connectivity index (χ0v) is 13.8. The van der Waals surface area contributed by atoms with Gasteiger partial charge in [-0.25, -0.2) is 0 Å². The molecule has 2 aromatic carbocycles. The Morgan fingerprint density at radius 2 is 1.86 bits per heavy atom. The van der Waals surface area contributed by atoms with Gasteiger partial charge in [0.15, 0.2) is 0 Å². The molecule has 0 heterocycles. The van der Waals surface area contributed by atoms with Crippen LogP contribution in [0.3, 0.4) is 0 Å². The molecule has 2 aromatic rings. The summed E-state index contributed by atoms with van der Waals surface area (Å²) in [7, 11) is 0. The number of halogens is 2. The molecule has 0 fully saturated rings. The Morgan fingerprint density at radius 3 is 2.59 bits per heavy atom. The zero-order valence-electron chi connectivity index (χ0n) is 12.3. The topological polar surface area (TPSA) is 41.1 Å². The predicted octanol–water partition coefficient (Wildman–Crippen LogP) is 4.42. The Balaban J connectivity index is 1.74. The normalized spacial score (nSPS) is 10.5. The van der Waals surface area contributed by atoms with E-state index < -0.39 is 0 Å². The molecular weight excluding hydrogens is 319 g/mol. The number of benzene rings is 2. The molecule has 0 atom stereocenters. The summed E-state index contributed by atoms with van der Waals surface area (Å²) in [6, 6.07) is 13.1. The van der Waals surface area contributed by atoms with Gasteiger partial charge in [-0.05, 0) is 36.2 Å². The summed E-state index contributed by atoms with van der Waals surface area (Å²) in [5, 5.41) is 7.42. The van der Waals surface area contributed by atoms with Gasteiger partial charge in [0.2, 0.25) is 5.91 Å². The number of anilines is 1. The van der Waals surface area contributed by atoms with Crippen molar-refractivity contribution in [2.24, 2.45) is 0 Å². The van der Waals surface area contributed by atoms with E-state index in [1.54, 1.807) is 6.07 Å². The number of carbonyl (C=O) groups excluding carboxylic acids is 1. The van der Waals surface area contributed by atoms with E-state index in [-0.39, 0.29) is 5.91 Å². The molecule has 0 aromatic heterocycles. The lowest BCUT2D eigenvalue weighted by Gasteiger charge is -2.08. The average molecular weight is 337 g/mol. The lowest BCUT2D eigenvalue weighted by Crippen LogP contribution is -2.21. The molecule has 0 aliphatic rings. The molecule has 2 rings (SSSR count). The highest BCUT2D eigenvalue weighted by atomic mass is 35.5. The summed E-state index contributed by atoms with van der Waals surface area (Å²) in [6.45, 7) is 3.15. The van der Waals surface area contributed by atoms with E-state index in [0.717, 1.165) is 16.1 Å². The first-order chi connectivity index (χ1) is 10.6. The monoisotopic (exact) mass is 336 g/mol. The molecule has 0 aliphatic heterocycles. The highest BCUT2D eigenvalue weighted by Crippen LogP contribution is 2.20. The van der Waals surface area contributed by atoms with Crippen molar-refractivity contribution in [3.8, 4) is 0 Å². The van der Waals surface area contributed by atoms with Gasteiger partial charge in [-0.15, -0.1) is 0 Å². The van der Waals surface area contributed by atoms with Crippen molar-refractivity contribution in [2.75, 3.05) is 11.9 Å². The third-order valence-corrected chi connectivity index (χ3v) is 4.03. The summed E-state index contributed by atoms with van der Waals surface area (Å²) in [5.74, 6) is -0.0495. The minimum absolute atomic E-state index is 0.0495. The minimum Gasteiger partial charge on any atom is -0.326 e. The first-order valence-corrected chi connectivity index (χ1v) is 7.82. The van der Waals surface area contributed by atoms with E-state index in [4.69, 9.17) is 23.2 Å². The Morgan fingerprint density at radius 1 is 1.09 bits per heavy atom. The molecule has 0 bridgehead atoms. The highest BCUT2D eigenvalue weighted by molar-refractivity contribution is 6.31. The fourth-order valence-electron chi connectivity index (χ4n) is 1.96. The van der Waals surface area contributed by atoms with Crippen LogP contribution >= 0.6 is 23.2 Å². The quantitative estimate of drug-likeness (QED) is 0.766. The van der Waals surface area contributed by atoms with Crippen LogP contribution in [0.4, 0.5) is 5.69 Å². The third-order valence-electron chi connectivity index (χ3n) is 3.26. The summed E-state index contributed by atoms with van der Waals surface area (Å²) < 4.78 is 0. The summed E-state index contributed by atoms with van der Waals surface area (Å²) >= 11 is 12.1. The second-order valence-electron chi connectivity index (χ2n) is 5.03. The molecule has 3 nitrogen and oxygen atoms in total. The Bertz CT molecular complexity index is 659. The molecule has 0 radical (unpaired) electrons. The second kappa shape index (κ2) is 8.18. The number of hydrogen-bond donors (Lipinski definition) is 2. The number of hydrogen-bond acceptors (Lipinski definition) is 2. The Hall–Kier alpha value is -1.55. The standard InChI is InChI=1S/C17H18Cl2N2O/c1-12-6-7-14(10-16(12)19)21-17(22)8-9-20-11-13-4-2-3-5-15(13)18/h2-7,10,20H,8-9,11H2,1H3,(H,21,22). The number of carbonyl (C=O) groups is 1. The van der Waals surface area contributed by atoms with Crippen LogP contribution in [0.15, 0.2) is 42.5 Å². The molecular formula is C17H18Cl2N2O. The summed E-state index contributed by atoms with van der Waals surface area (Å²) in [4.78, 5) is 11.9. The highest BCUT2D eigenvalue weighted by Gasteiger charge is 2.04. The number of rotatable bonds is 6. The van der Waals surface area contributed by atoms with E-state index >= 15 is 0 Å². The van der Waals surface area contributed by atoms with Crippen LogP contribution in [0.1, 0.15) is 17.5 Å². The van der Waals surface area contributed by atoms with Crippen LogP contribution in [-0.4, -0.2) is 12.5 Å². The molecule has 5 heteroatoms. The van der Waals surface area contributed by atoms with E-state index in [0.29, 0.717) is 30.2 Å². The molecule has 22 heavy (non-hydrogen) atoms. The van der Waals surface area contributed by atoms with Gasteiger partial charge in [-0.2, -0.15) is 0 Å². The largest absolute Gasteiger partial charge is 0.326 e. The van der Waals surface area contributed by atoms with Crippen LogP contribution in [0.5, 0.6) is 0 Å². The van der Waals surface area contributed by atoms with E-state index in [1.165, 1.54) is 0 Å². The van der Waals surface area contributed by atoms with Crippen molar-refractivity contribution in [1.29, 1.82) is 0 Å². The van der Waals surface area contributed by atoms with Crippen molar-refractivity contribution < 1.29 is 4.79 Å². The third kappa shape index (κ3) is 5.02. The van der Waals surface area contributed by atoms with E-state index in [1.807, 2.05) is 43.3 Å². The van der Waals surface area contributed by atoms with Gasteiger partial charge in [0.25, 0.3) is 0 Å². The fourth-order valence-corrected chi connectivity index (χ4v) is 2.34. The van der Waals surface area contributed by atoms with Crippen LogP contribution in [-0.2, 0) is 11.3 Å². The molecule has 2 N–H and O–H groups in total. The van der Waals surface area contributed by atoms with Crippen molar-refractivity contribution in [3.05, 3.63) is 63.6 Å².